The number of carboxylic acids is 4. The minimum atomic E-state index is -1.36. The molecule has 12 nitrogen and oxygen atoms in total. The molecule has 0 fully saturated rings. The monoisotopic (exact) mass is 582 g/mol. The Labute approximate surface area is 263 Å². The van der Waals surface area contributed by atoms with E-state index in [2.05, 4.69) is 0 Å². The zero-order valence-electron chi connectivity index (χ0n) is 21.9. The largest absolute Gasteiger partial charge is 3.00 e. The fraction of sp³-hybridized carbons (Fsp3) is 0. The van der Waals surface area contributed by atoms with E-state index >= 15 is 0 Å². The van der Waals surface area contributed by atoms with Crippen LogP contribution in [-0.4, -0.2) is 52.7 Å². The molecule has 0 saturated carbocycles. The number of hydrogen-bond donors (Lipinski definition) is 4. The maximum atomic E-state index is 10.2. The third-order valence-corrected chi connectivity index (χ3v) is 4.50. The molecule has 0 amide bonds. The number of rotatable bonds is 4. The quantitative estimate of drug-likeness (QED) is 0.167. The molecule has 0 heterocycles. The summed E-state index contributed by atoms with van der Waals surface area (Å²) < 4.78 is 0. The van der Waals surface area contributed by atoms with Gasteiger partial charge < -0.3 is 60.0 Å². The van der Waals surface area contributed by atoms with Crippen LogP contribution in [0.25, 0.3) is 0 Å². The number of aromatic carboxylic acids is 4. The molecule has 4 N–H and O–H groups in total. The molecule has 0 aromatic heterocycles. The number of carbonyl (C=O) groups excluding carboxylic acids is 4. The molecule has 0 spiro atoms. The van der Waals surface area contributed by atoms with Gasteiger partial charge in [0.2, 0.25) is 0 Å². The van der Waals surface area contributed by atoms with Crippen LogP contribution in [0.5, 0.6) is 23.0 Å². The molecule has 0 aliphatic rings. The Hall–Kier alpha value is -4.98. The van der Waals surface area contributed by atoms with Crippen LogP contribution in [0.4, 0.5) is 0 Å². The van der Waals surface area contributed by atoms with E-state index in [1.807, 2.05) is 0 Å². The van der Waals surface area contributed by atoms with Gasteiger partial charge in [-0.3, -0.25) is 0 Å². The van der Waals surface area contributed by atoms with Crippen molar-refractivity contribution in [1.29, 1.82) is 0 Å². The molecule has 0 aliphatic heterocycles. The summed E-state index contributed by atoms with van der Waals surface area (Å²) in [7, 11) is 0. The van der Waals surface area contributed by atoms with Crippen molar-refractivity contribution >= 4 is 32.3 Å². The van der Waals surface area contributed by atoms with Crippen molar-refractivity contribution in [2.24, 2.45) is 0 Å². The summed E-state index contributed by atoms with van der Waals surface area (Å²) >= 11 is 0. The van der Waals surface area contributed by atoms with Crippen LogP contribution in [0.1, 0.15) is 41.4 Å². The smallest absolute Gasteiger partial charge is 0.545 e. The van der Waals surface area contributed by atoms with Gasteiger partial charge in [0.15, 0.2) is 0 Å². The topological polar surface area (TPSA) is 241 Å². The standard InChI is InChI=1S/4C7H6O3.B.Na/c4*8-6-4-2-1-3-5(6)7(9)10;;/h4*1-4,8H,(H,9,10);;/q;;;;+3;+1/p-4. The van der Waals surface area contributed by atoms with Crippen LogP contribution < -0.4 is 50.0 Å². The molecule has 0 saturated heterocycles. The third kappa shape index (κ3) is 13.4. The van der Waals surface area contributed by atoms with E-state index in [0.717, 1.165) is 0 Å². The Morgan fingerprint density at radius 1 is 0.381 bits per heavy atom. The summed E-state index contributed by atoms with van der Waals surface area (Å²) in [6.07, 6.45) is 0. The second-order valence-electron chi connectivity index (χ2n) is 7.22. The molecule has 14 heteroatoms. The number of phenols is 4. The van der Waals surface area contributed by atoms with Crippen LogP contribution in [0.15, 0.2) is 97.1 Å². The fourth-order valence-corrected chi connectivity index (χ4v) is 2.59. The second kappa shape index (κ2) is 20.0. The van der Waals surface area contributed by atoms with E-state index in [1.54, 1.807) is 24.3 Å². The molecule has 4 aromatic rings. The Morgan fingerprint density at radius 3 is 0.619 bits per heavy atom. The maximum Gasteiger partial charge on any atom is 3.00 e. The van der Waals surface area contributed by atoms with Crippen molar-refractivity contribution in [3.05, 3.63) is 119 Å². The Balaban J connectivity index is 0. The van der Waals surface area contributed by atoms with Gasteiger partial charge in [-0.1, -0.05) is 48.5 Å². The minimum absolute atomic E-state index is 0. The third-order valence-electron chi connectivity index (χ3n) is 4.50. The summed E-state index contributed by atoms with van der Waals surface area (Å²) in [6, 6.07) is 22.6. The van der Waals surface area contributed by atoms with Gasteiger partial charge >= 0.3 is 38.0 Å². The van der Waals surface area contributed by atoms with Crippen LogP contribution in [0, 0.1) is 0 Å². The summed E-state index contributed by atoms with van der Waals surface area (Å²) in [5.41, 5.74) is -0.713. The number of hydrogen-bond acceptors (Lipinski definition) is 12. The average Bonchev–Trinajstić information content (AvgIpc) is 2.90. The van der Waals surface area contributed by atoms with Crippen molar-refractivity contribution < 1.29 is 89.6 Å². The summed E-state index contributed by atoms with van der Waals surface area (Å²) in [4.78, 5) is 40.6. The van der Waals surface area contributed by atoms with Crippen LogP contribution >= 0.6 is 0 Å². The zero-order valence-corrected chi connectivity index (χ0v) is 23.9. The van der Waals surface area contributed by atoms with E-state index in [4.69, 9.17) is 20.4 Å². The van der Waals surface area contributed by atoms with Gasteiger partial charge in [-0.2, -0.15) is 0 Å². The van der Waals surface area contributed by atoms with Gasteiger partial charge in [0.05, 0.1) is 23.9 Å². The van der Waals surface area contributed by atoms with E-state index in [-0.39, 0.29) is 83.2 Å². The van der Waals surface area contributed by atoms with Crippen LogP contribution in [0.3, 0.4) is 0 Å². The van der Waals surface area contributed by atoms with Gasteiger partial charge in [0.1, 0.15) is 23.0 Å². The van der Waals surface area contributed by atoms with Crippen molar-refractivity contribution in [2.45, 2.75) is 0 Å². The molecule has 0 unspecified atom stereocenters. The molecule has 0 bridgehead atoms. The van der Waals surface area contributed by atoms with Crippen molar-refractivity contribution in [2.75, 3.05) is 0 Å². The van der Waals surface area contributed by atoms with Gasteiger partial charge in [-0.05, 0) is 48.5 Å². The molecule has 208 valence electrons. The van der Waals surface area contributed by atoms with Gasteiger partial charge in [0, 0.05) is 22.3 Å². The first-order valence-electron chi connectivity index (χ1n) is 10.8. The normalized spacial score (nSPS) is 8.76. The van der Waals surface area contributed by atoms with Crippen LogP contribution in [-0.2, 0) is 0 Å². The Bertz CT molecular complexity index is 1250. The average molecular weight is 582 g/mol. The first-order valence-corrected chi connectivity index (χ1v) is 10.8. The molecule has 0 radical (unpaired) electrons. The number of benzene rings is 4. The predicted octanol–water partition coefficient (Wildman–Crippen LogP) is -4.35. The van der Waals surface area contributed by atoms with E-state index < -0.39 is 23.9 Å². The summed E-state index contributed by atoms with van der Waals surface area (Å²) in [5.74, 6) is -6.50. The second-order valence-corrected chi connectivity index (χ2v) is 7.22. The van der Waals surface area contributed by atoms with E-state index in [0.29, 0.717) is 0 Å². The SMILES string of the molecule is O=C([O-])c1ccccc1O.O=C([O-])c1ccccc1O.O=C([O-])c1ccccc1O.O=C([O-])c1ccccc1O.[B+3].[Na+]. The summed E-state index contributed by atoms with van der Waals surface area (Å²) in [5, 5.41) is 76.0. The fourth-order valence-electron chi connectivity index (χ4n) is 2.59. The zero-order chi connectivity index (χ0) is 30.2. The van der Waals surface area contributed by atoms with Gasteiger partial charge in [0.25, 0.3) is 0 Å². The number of para-hydroxylation sites is 4. The maximum absolute atomic E-state index is 10.2. The van der Waals surface area contributed by atoms with Crippen molar-refractivity contribution in [1.82, 2.24) is 0 Å². The van der Waals surface area contributed by atoms with Crippen molar-refractivity contribution in [3.8, 4) is 23.0 Å². The number of carboxylic acid groups (broad SMARTS) is 4. The minimum Gasteiger partial charge on any atom is -0.545 e. The van der Waals surface area contributed by atoms with Gasteiger partial charge in [-0.15, -0.1) is 0 Å². The van der Waals surface area contributed by atoms with Crippen LogP contribution in [0.2, 0.25) is 0 Å². The molecule has 4 aromatic carbocycles. The Morgan fingerprint density at radius 2 is 0.524 bits per heavy atom. The molecule has 42 heavy (non-hydrogen) atoms. The van der Waals surface area contributed by atoms with E-state index in [1.165, 1.54) is 72.8 Å². The predicted molar refractivity (Wildman–Crippen MR) is 136 cm³/mol. The summed E-state index contributed by atoms with van der Waals surface area (Å²) in [6.45, 7) is 0. The molecular weight excluding hydrogens is 562 g/mol. The number of carbonyl (C=O) groups is 4. The first kappa shape index (κ1) is 39.2. The van der Waals surface area contributed by atoms with E-state index in [9.17, 15) is 39.6 Å². The molecule has 0 aliphatic carbocycles. The Kier molecular flexibility index (Phi) is 18.6. The molecule has 4 rings (SSSR count). The first-order chi connectivity index (χ1) is 18.9. The van der Waals surface area contributed by atoms with Crippen molar-refractivity contribution in [3.63, 3.8) is 0 Å². The molecule has 0 atom stereocenters. The van der Waals surface area contributed by atoms with Gasteiger partial charge in [-0.25, -0.2) is 0 Å². The number of aromatic hydroxyl groups is 4. The molecular formula is C28H20BNaO12.